The standard InChI is InChI=1S/C26H40N4O6/c1-5-6-12-21(17-30(35)19-31)23(32)27-22(26(2,3)4)24(33)28-13-15-29(16-14-28)25(34)36-18-20-10-8-7-9-11-20/h7-11,19,21-22,35H,5-6,12-18H2,1-4H3,(H,27,32)/t21?,22-/m1/s1. The quantitative estimate of drug-likeness (QED) is 0.272. The second-order valence-electron chi connectivity index (χ2n) is 10.2. The molecule has 1 aliphatic rings. The molecule has 1 heterocycles. The Hall–Kier alpha value is -3.14. The van der Waals surface area contributed by atoms with Gasteiger partial charge in [0.1, 0.15) is 12.6 Å². The summed E-state index contributed by atoms with van der Waals surface area (Å²) >= 11 is 0. The van der Waals surface area contributed by atoms with Crippen molar-refractivity contribution in [1.82, 2.24) is 20.2 Å². The van der Waals surface area contributed by atoms with Gasteiger partial charge in [0.15, 0.2) is 0 Å². The van der Waals surface area contributed by atoms with Crippen LogP contribution in [0.4, 0.5) is 4.79 Å². The maximum atomic E-state index is 13.4. The van der Waals surface area contributed by atoms with Gasteiger partial charge < -0.3 is 19.9 Å². The molecular formula is C26H40N4O6. The highest BCUT2D eigenvalue weighted by molar-refractivity contribution is 5.89. The number of benzene rings is 1. The Morgan fingerprint density at radius 3 is 2.28 bits per heavy atom. The first-order valence-electron chi connectivity index (χ1n) is 12.5. The van der Waals surface area contributed by atoms with Gasteiger partial charge in [-0.05, 0) is 17.4 Å². The van der Waals surface area contributed by atoms with Crippen molar-refractivity contribution < 1.29 is 29.1 Å². The van der Waals surface area contributed by atoms with Gasteiger partial charge in [0.25, 0.3) is 0 Å². The topological polar surface area (TPSA) is 119 Å². The Kier molecular flexibility index (Phi) is 11.2. The lowest BCUT2D eigenvalue weighted by atomic mass is 9.85. The van der Waals surface area contributed by atoms with E-state index in [1.165, 1.54) is 0 Å². The van der Waals surface area contributed by atoms with Gasteiger partial charge in [0.05, 0.1) is 12.5 Å². The van der Waals surface area contributed by atoms with Gasteiger partial charge in [-0.2, -0.15) is 0 Å². The minimum Gasteiger partial charge on any atom is -0.445 e. The molecule has 4 amide bonds. The summed E-state index contributed by atoms with van der Waals surface area (Å²) in [7, 11) is 0. The third-order valence-electron chi connectivity index (χ3n) is 6.26. The second kappa shape index (κ2) is 13.8. The van der Waals surface area contributed by atoms with Crippen molar-refractivity contribution >= 4 is 24.3 Å². The van der Waals surface area contributed by atoms with Gasteiger partial charge in [-0.1, -0.05) is 70.9 Å². The van der Waals surface area contributed by atoms with Crippen LogP contribution in [0.1, 0.15) is 52.5 Å². The fourth-order valence-corrected chi connectivity index (χ4v) is 4.04. The van der Waals surface area contributed by atoms with E-state index < -0.39 is 23.5 Å². The van der Waals surface area contributed by atoms with E-state index >= 15 is 0 Å². The molecule has 10 heteroatoms. The lowest BCUT2D eigenvalue weighted by molar-refractivity contribution is -0.155. The minimum absolute atomic E-state index is 0.135. The fourth-order valence-electron chi connectivity index (χ4n) is 4.04. The second-order valence-corrected chi connectivity index (χ2v) is 10.2. The summed E-state index contributed by atoms with van der Waals surface area (Å²) in [5.41, 5.74) is 0.329. The number of nitrogens with one attached hydrogen (secondary N) is 1. The minimum atomic E-state index is -0.797. The van der Waals surface area contributed by atoms with Crippen molar-refractivity contribution in [2.24, 2.45) is 11.3 Å². The van der Waals surface area contributed by atoms with E-state index in [-0.39, 0.29) is 31.4 Å². The third kappa shape index (κ3) is 8.82. The smallest absolute Gasteiger partial charge is 0.410 e. The predicted molar refractivity (Wildman–Crippen MR) is 134 cm³/mol. The SMILES string of the molecule is CCCCC(CN(O)C=O)C(=O)N[C@H](C(=O)N1CCN(C(=O)OCc2ccccc2)CC1)C(C)(C)C. The molecule has 2 atom stereocenters. The summed E-state index contributed by atoms with van der Waals surface area (Å²) in [5, 5.41) is 13.0. The van der Waals surface area contributed by atoms with Crippen LogP contribution in [0.3, 0.4) is 0 Å². The first kappa shape index (κ1) is 29.1. The molecule has 0 spiro atoms. The number of ether oxygens (including phenoxy) is 1. The van der Waals surface area contributed by atoms with Crippen LogP contribution >= 0.6 is 0 Å². The Balaban J connectivity index is 1.97. The maximum absolute atomic E-state index is 13.4. The van der Waals surface area contributed by atoms with Crippen molar-refractivity contribution in [2.45, 2.75) is 59.6 Å². The highest BCUT2D eigenvalue weighted by atomic mass is 16.6. The molecular weight excluding hydrogens is 464 g/mol. The van der Waals surface area contributed by atoms with Gasteiger partial charge in [0, 0.05) is 26.2 Å². The molecule has 2 rings (SSSR count). The highest BCUT2D eigenvalue weighted by Crippen LogP contribution is 2.23. The zero-order valence-electron chi connectivity index (χ0n) is 21.8. The summed E-state index contributed by atoms with van der Waals surface area (Å²) in [6, 6.07) is 8.63. The highest BCUT2D eigenvalue weighted by Gasteiger charge is 2.38. The van der Waals surface area contributed by atoms with Crippen LogP contribution < -0.4 is 5.32 Å². The zero-order chi connectivity index (χ0) is 26.7. The Morgan fingerprint density at radius 2 is 1.72 bits per heavy atom. The van der Waals surface area contributed by atoms with E-state index in [1.807, 2.05) is 58.0 Å². The van der Waals surface area contributed by atoms with Crippen LogP contribution in [0, 0.1) is 11.3 Å². The van der Waals surface area contributed by atoms with Crippen molar-refractivity contribution in [3.8, 4) is 0 Å². The van der Waals surface area contributed by atoms with E-state index in [2.05, 4.69) is 5.32 Å². The van der Waals surface area contributed by atoms with E-state index in [4.69, 9.17) is 4.74 Å². The predicted octanol–water partition coefficient (Wildman–Crippen LogP) is 2.65. The van der Waals surface area contributed by atoms with Crippen molar-refractivity contribution in [3.63, 3.8) is 0 Å². The largest absolute Gasteiger partial charge is 0.445 e. The summed E-state index contributed by atoms with van der Waals surface area (Å²) in [4.78, 5) is 53.1. The van der Waals surface area contributed by atoms with Gasteiger partial charge >= 0.3 is 6.09 Å². The summed E-state index contributed by atoms with van der Waals surface area (Å²) in [6.45, 7) is 8.99. The molecule has 0 aromatic heterocycles. The van der Waals surface area contributed by atoms with Gasteiger partial charge in [-0.3, -0.25) is 19.6 Å². The molecule has 1 aromatic carbocycles. The van der Waals surface area contributed by atoms with E-state index in [9.17, 15) is 24.4 Å². The molecule has 36 heavy (non-hydrogen) atoms. The molecule has 1 aliphatic heterocycles. The Morgan fingerprint density at radius 1 is 1.11 bits per heavy atom. The number of amides is 4. The molecule has 2 N–H and O–H groups in total. The molecule has 0 saturated carbocycles. The van der Waals surface area contributed by atoms with Gasteiger partial charge in [0.2, 0.25) is 18.2 Å². The van der Waals surface area contributed by atoms with Crippen LogP contribution in [-0.4, -0.2) is 83.2 Å². The summed E-state index contributed by atoms with van der Waals surface area (Å²) in [6.07, 6.45) is 1.94. The first-order valence-corrected chi connectivity index (χ1v) is 12.5. The molecule has 0 bridgehead atoms. The van der Waals surface area contributed by atoms with Crippen LogP contribution in [-0.2, 0) is 25.7 Å². The van der Waals surface area contributed by atoms with E-state index in [0.29, 0.717) is 37.7 Å². The first-order chi connectivity index (χ1) is 17.1. The van der Waals surface area contributed by atoms with Crippen molar-refractivity contribution in [2.75, 3.05) is 32.7 Å². The molecule has 1 fully saturated rings. The Bertz CT molecular complexity index is 865. The molecule has 1 saturated heterocycles. The monoisotopic (exact) mass is 504 g/mol. The molecule has 10 nitrogen and oxygen atoms in total. The lowest BCUT2D eigenvalue weighted by Gasteiger charge is -2.39. The van der Waals surface area contributed by atoms with Crippen LogP contribution in [0.25, 0.3) is 0 Å². The number of hydrogen-bond donors (Lipinski definition) is 2. The molecule has 0 radical (unpaired) electrons. The molecule has 200 valence electrons. The summed E-state index contributed by atoms with van der Waals surface area (Å²) < 4.78 is 5.39. The average Bonchev–Trinajstić information content (AvgIpc) is 2.87. The van der Waals surface area contributed by atoms with Gasteiger partial charge in [-0.25, -0.2) is 9.86 Å². The number of carbonyl (C=O) groups excluding carboxylic acids is 4. The zero-order valence-corrected chi connectivity index (χ0v) is 21.8. The number of rotatable bonds is 11. The molecule has 0 aliphatic carbocycles. The number of piperazine rings is 1. The van der Waals surface area contributed by atoms with Crippen LogP contribution in [0.2, 0.25) is 0 Å². The van der Waals surface area contributed by atoms with Crippen molar-refractivity contribution in [1.29, 1.82) is 0 Å². The molecule has 1 aromatic rings. The normalized spacial score (nSPS) is 15.6. The number of hydroxylamine groups is 2. The number of hydrogen-bond acceptors (Lipinski definition) is 6. The Labute approximate surface area is 213 Å². The van der Waals surface area contributed by atoms with Crippen molar-refractivity contribution in [3.05, 3.63) is 35.9 Å². The van der Waals surface area contributed by atoms with Crippen LogP contribution in [0.15, 0.2) is 30.3 Å². The number of carbonyl (C=O) groups is 4. The van der Waals surface area contributed by atoms with Gasteiger partial charge in [-0.15, -0.1) is 0 Å². The number of unbranched alkanes of at least 4 members (excludes halogenated alkanes) is 1. The maximum Gasteiger partial charge on any atom is 0.410 e. The van der Waals surface area contributed by atoms with Crippen LogP contribution in [0.5, 0.6) is 0 Å². The average molecular weight is 505 g/mol. The fraction of sp³-hybridized carbons (Fsp3) is 0.615. The summed E-state index contributed by atoms with van der Waals surface area (Å²) in [5.74, 6) is -1.23. The lowest BCUT2D eigenvalue weighted by Crippen LogP contribution is -2.60. The molecule has 1 unspecified atom stereocenters. The number of nitrogens with zero attached hydrogens (tertiary/aromatic N) is 3. The third-order valence-corrected chi connectivity index (χ3v) is 6.26. The van der Waals surface area contributed by atoms with E-state index in [0.717, 1.165) is 18.4 Å². The van der Waals surface area contributed by atoms with E-state index in [1.54, 1.807) is 9.80 Å².